The van der Waals surface area contributed by atoms with E-state index in [9.17, 15) is 5.11 Å². The maximum Gasteiger partial charge on any atom is 0.164 e. The van der Waals surface area contributed by atoms with Gasteiger partial charge in [0.1, 0.15) is 17.8 Å². The van der Waals surface area contributed by atoms with Crippen molar-refractivity contribution < 1.29 is 24.1 Å². The molecule has 4 atom stereocenters. The van der Waals surface area contributed by atoms with Crippen LogP contribution in [-0.2, 0) is 18.9 Å². The lowest BCUT2D eigenvalue weighted by atomic mass is 9.79. The van der Waals surface area contributed by atoms with Crippen LogP contribution in [0.15, 0.2) is 0 Å². The second kappa shape index (κ2) is 3.67. The van der Waals surface area contributed by atoms with Gasteiger partial charge >= 0.3 is 0 Å². The Labute approximate surface area is 107 Å². The highest BCUT2D eigenvalue weighted by molar-refractivity contribution is 5.08. The zero-order valence-electron chi connectivity index (χ0n) is 11.4. The first kappa shape index (κ1) is 12.8. The van der Waals surface area contributed by atoms with Crippen LogP contribution in [0.4, 0.5) is 0 Å². The van der Waals surface area contributed by atoms with Gasteiger partial charge in [-0.25, -0.2) is 0 Å². The molecule has 2 heterocycles. The molecular weight excluding hydrogens is 236 g/mol. The van der Waals surface area contributed by atoms with Crippen LogP contribution < -0.4 is 0 Å². The minimum Gasteiger partial charge on any atom is -0.393 e. The summed E-state index contributed by atoms with van der Waals surface area (Å²) >= 11 is 0. The van der Waals surface area contributed by atoms with Gasteiger partial charge in [-0.15, -0.1) is 0 Å². The molecule has 3 rings (SSSR count). The molecule has 5 nitrogen and oxygen atoms in total. The molecule has 18 heavy (non-hydrogen) atoms. The van der Waals surface area contributed by atoms with Crippen LogP contribution in [0.1, 0.15) is 40.5 Å². The molecule has 0 radical (unpaired) electrons. The van der Waals surface area contributed by atoms with Crippen LogP contribution >= 0.6 is 0 Å². The van der Waals surface area contributed by atoms with Gasteiger partial charge < -0.3 is 24.1 Å². The summed E-state index contributed by atoms with van der Waals surface area (Å²) < 4.78 is 23.8. The average molecular weight is 258 g/mol. The molecule has 0 aromatic carbocycles. The van der Waals surface area contributed by atoms with Crippen molar-refractivity contribution in [1.29, 1.82) is 0 Å². The topological polar surface area (TPSA) is 57.2 Å². The van der Waals surface area contributed by atoms with Gasteiger partial charge in [0.25, 0.3) is 0 Å². The van der Waals surface area contributed by atoms with Crippen molar-refractivity contribution >= 4 is 0 Å². The molecule has 0 unspecified atom stereocenters. The molecule has 104 valence electrons. The van der Waals surface area contributed by atoms with Crippen LogP contribution in [-0.4, -0.2) is 47.2 Å². The summed E-state index contributed by atoms with van der Waals surface area (Å²) in [5.74, 6) is -1.27. The summed E-state index contributed by atoms with van der Waals surface area (Å²) in [7, 11) is 0. The number of ether oxygens (including phenoxy) is 4. The van der Waals surface area contributed by atoms with Crippen LogP contribution in [0.2, 0.25) is 0 Å². The fourth-order valence-corrected chi connectivity index (χ4v) is 3.48. The molecule has 2 aliphatic heterocycles. The first-order chi connectivity index (χ1) is 8.27. The number of aliphatic hydroxyl groups is 1. The summed E-state index contributed by atoms with van der Waals surface area (Å²) in [4.78, 5) is 0. The second-order valence-electron chi connectivity index (χ2n) is 6.44. The fourth-order valence-electron chi connectivity index (χ4n) is 3.48. The highest BCUT2D eigenvalue weighted by Gasteiger charge is 2.63. The van der Waals surface area contributed by atoms with Crippen LogP contribution in [0.25, 0.3) is 0 Å². The molecule has 0 spiro atoms. The number of fused-ring (bicyclic) bond motifs is 3. The summed E-state index contributed by atoms with van der Waals surface area (Å²) in [6.07, 6.45) is 1.16. The third kappa shape index (κ3) is 1.80. The maximum absolute atomic E-state index is 9.73. The largest absolute Gasteiger partial charge is 0.393 e. The molecule has 0 aromatic heterocycles. The number of hydrogen-bond acceptors (Lipinski definition) is 5. The van der Waals surface area contributed by atoms with Crippen LogP contribution in [0.3, 0.4) is 0 Å². The Balaban J connectivity index is 1.90. The van der Waals surface area contributed by atoms with E-state index in [1.54, 1.807) is 0 Å². The quantitative estimate of drug-likeness (QED) is 0.765. The molecule has 0 amide bonds. The summed E-state index contributed by atoms with van der Waals surface area (Å²) in [5, 5.41) is 9.73. The van der Waals surface area contributed by atoms with Gasteiger partial charge in [-0.2, -0.15) is 0 Å². The summed E-state index contributed by atoms with van der Waals surface area (Å²) in [6, 6.07) is 0. The minimum absolute atomic E-state index is 0.0298. The van der Waals surface area contributed by atoms with Gasteiger partial charge in [0, 0.05) is 0 Å². The lowest BCUT2D eigenvalue weighted by Crippen LogP contribution is -2.56. The van der Waals surface area contributed by atoms with E-state index in [1.807, 2.05) is 27.7 Å². The molecule has 1 saturated carbocycles. The lowest BCUT2D eigenvalue weighted by molar-refractivity contribution is -0.180. The van der Waals surface area contributed by atoms with Gasteiger partial charge in [0.2, 0.25) is 0 Å². The number of aliphatic hydroxyl groups excluding tert-OH is 1. The predicted molar refractivity (Wildman–Crippen MR) is 62.9 cm³/mol. The zero-order chi connectivity index (χ0) is 13.2. The standard InChI is InChI=1S/C13H22O5/c1-11(2)15-8-5-6-13(7-14)10(9(8)16-11)17-12(3,4)18-13/h8-10,14H,5-7H2,1-4H3/t8-,9-,10+,13+/m0/s1. The van der Waals surface area contributed by atoms with E-state index in [4.69, 9.17) is 18.9 Å². The van der Waals surface area contributed by atoms with E-state index in [2.05, 4.69) is 0 Å². The molecule has 1 aliphatic carbocycles. The Bertz CT molecular complexity index is 353. The highest BCUT2D eigenvalue weighted by Crippen LogP contribution is 2.49. The first-order valence-electron chi connectivity index (χ1n) is 6.61. The zero-order valence-corrected chi connectivity index (χ0v) is 11.4. The van der Waals surface area contributed by atoms with E-state index in [-0.39, 0.29) is 24.9 Å². The van der Waals surface area contributed by atoms with Gasteiger partial charge in [-0.1, -0.05) is 0 Å². The smallest absolute Gasteiger partial charge is 0.164 e. The van der Waals surface area contributed by atoms with Gasteiger partial charge in [0.05, 0.1) is 12.7 Å². The van der Waals surface area contributed by atoms with E-state index < -0.39 is 17.2 Å². The third-order valence-corrected chi connectivity index (χ3v) is 4.02. The molecule has 3 aliphatic rings. The molecular formula is C13H22O5. The molecule has 5 heteroatoms. The van der Waals surface area contributed by atoms with E-state index in [0.29, 0.717) is 0 Å². The van der Waals surface area contributed by atoms with E-state index >= 15 is 0 Å². The van der Waals surface area contributed by atoms with Crippen LogP contribution in [0, 0.1) is 0 Å². The molecule has 2 saturated heterocycles. The number of rotatable bonds is 1. The molecule has 0 bridgehead atoms. The second-order valence-corrected chi connectivity index (χ2v) is 6.44. The Morgan fingerprint density at radius 1 is 1.06 bits per heavy atom. The first-order valence-corrected chi connectivity index (χ1v) is 6.61. The van der Waals surface area contributed by atoms with Crippen LogP contribution in [0.5, 0.6) is 0 Å². The maximum atomic E-state index is 9.73. The Kier molecular flexibility index (Phi) is 2.61. The van der Waals surface area contributed by atoms with Crippen molar-refractivity contribution in [2.75, 3.05) is 6.61 Å². The van der Waals surface area contributed by atoms with Crippen molar-refractivity contribution in [2.45, 2.75) is 76.0 Å². The Morgan fingerprint density at radius 3 is 2.44 bits per heavy atom. The summed E-state index contributed by atoms with van der Waals surface area (Å²) in [5.41, 5.74) is -0.644. The molecule has 0 aromatic rings. The van der Waals surface area contributed by atoms with Gasteiger partial charge in [-0.3, -0.25) is 0 Å². The predicted octanol–water partition coefficient (Wildman–Crippen LogP) is 1.18. The highest BCUT2D eigenvalue weighted by atomic mass is 16.8. The molecule has 1 N–H and O–H groups in total. The monoisotopic (exact) mass is 258 g/mol. The normalized spacial score (nSPS) is 48.8. The average Bonchev–Trinajstić information content (AvgIpc) is 2.70. The van der Waals surface area contributed by atoms with E-state index in [1.165, 1.54) is 0 Å². The van der Waals surface area contributed by atoms with E-state index in [0.717, 1.165) is 12.8 Å². The Hall–Kier alpha value is -0.200. The number of hydrogen-bond donors (Lipinski definition) is 1. The SMILES string of the molecule is CC1(C)O[C@H]2[C@H](CC[C@]3(CO)OC(C)(C)O[C@H]23)O1. The summed E-state index contributed by atoms with van der Waals surface area (Å²) in [6.45, 7) is 7.52. The van der Waals surface area contributed by atoms with Crippen molar-refractivity contribution in [3.63, 3.8) is 0 Å². The van der Waals surface area contributed by atoms with Gasteiger partial charge in [0.15, 0.2) is 11.6 Å². The third-order valence-electron chi connectivity index (χ3n) is 4.02. The molecule has 3 fully saturated rings. The fraction of sp³-hybridized carbons (Fsp3) is 1.00. The van der Waals surface area contributed by atoms with Crippen molar-refractivity contribution in [1.82, 2.24) is 0 Å². The Morgan fingerprint density at radius 2 is 1.78 bits per heavy atom. The van der Waals surface area contributed by atoms with Gasteiger partial charge in [-0.05, 0) is 40.5 Å². The van der Waals surface area contributed by atoms with Crippen molar-refractivity contribution in [3.8, 4) is 0 Å². The van der Waals surface area contributed by atoms with Crippen molar-refractivity contribution in [2.24, 2.45) is 0 Å². The minimum atomic E-state index is -0.682. The van der Waals surface area contributed by atoms with Crippen molar-refractivity contribution in [3.05, 3.63) is 0 Å². The lowest BCUT2D eigenvalue weighted by Gasteiger charge is -2.39.